The first-order valence-electron chi connectivity index (χ1n) is 5.87. The Kier molecular flexibility index (Phi) is 5.02. The van der Waals surface area contributed by atoms with Crippen molar-refractivity contribution in [3.63, 3.8) is 0 Å². The lowest BCUT2D eigenvalue weighted by Gasteiger charge is -2.40. The van der Waals surface area contributed by atoms with E-state index in [4.69, 9.17) is 0 Å². The van der Waals surface area contributed by atoms with E-state index in [1.807, 2.05) is 0 Å². The summed E-state index contributed by atoms with van der Waals surface area (Å²) in [6.07, 6.45) is 2.61. The van der Waals surface area contributed by atoms with Crippen LogP contribution in [0.1, 0.15) is 61.3 Å². The van der Waals surface area contributed by atoms with Gasteiger partial charge in [-0.15, -0.1) is 0 Å². The molecule has 80 valence electrons. The topological polar surface area (TPSA) is 0 Å². The lowest BCUT2D eigenvalue weighted by molar-refractivity contribution is 0.0914. The van der Waals surface area contributed by atoms with Gasteiger partial charge in [0.2, 0.25) is 0 Å². The van der Waals surface area contributed by atoms with Crippen molar-refractivity contribution in [1.29, 1.82) is 0 Å². The van der Waals surface area contributed by atoms with Gasteiger partial charge in [0.1, 0.15) is 0 Å². The van der Waals surface area contributed by atoms with Crippen molar-refractivity contribution in [2.45, 2.75) is 61.3 Å². The third-order valence-corrected chi connectivity index (χ3v) is 4.55. The molecule has 0 N–H and O–H groups in total. The Hall–Kier alpha value is 0. The van der Waals surface area contributed by atoms with Gasteiger partial charge in [-0.25, -0.2) is 0 Å². The summed E-state index contributed by atoms with van der Waals surface area (Å²) >= 11 is 0. The van der Waals surface area contributed by atoms with Gasteiger partial charge in [0.15, 0.2) is 0 Å². The fourth-order valence-corrected chi connectivity index (χ4v) is 2.06. The van der Waals surface area contributed by atoms with E-state index in [2.05, 4.69) is 48.5 Å². The van der Waals surface area contributed by atoms with Gasteiger partial charge >= 0.3 is 0 Å². The van der Waals surface area contributed by atoms with Crippen LogP contribution in [-0.4, -0.2) is 0 Å². The molecule has 0 saturated carbocycles. The average molecular weight is 184 g/mol. The van der Waals surface area contributed by atoms with E-state index in [-0.39, 0.29) is 0 Å². The molecule has 0 bridgehead atoms. The van der Waals surface area contributed by atoms with Gasteiger partial charge < -0.3 is 0 Å². The Bertz CT molecular complexity index is 135. The summed E-state index contributed by atoms with van der Waals surface area (Å²) in [5.74, 6) is 2.51. The van der Waals surface area contributed by atoms with Gasteiger partial charge in [0.05, 0.1) is 0 Å². The molecule has 3 atom stereocenters. The van der Waals surface area contributed by atoms with Crippen LogP contribution < -0.4 is 0 Å². The number of hydrogen-bond acceptors (Lipinski definition) is 0. The molecule has 0 nitrogen and oxygen atoms in total. The molecule has 0 fully saturated rings. The largest absolute Gasteiger partial charge is 0.0651 e. The quantitative estimate of drug-likeness (QED) is 0.579. The van der Waals surface area contributed by atoms with Crippen molar-refractivity contribution in [1.82, 2.24) is 0 Å². The van der Waals surface area contributed by atoms with Gasteiger partial charge in [-0.2, -0.15) is 0 Å². The van der Waals surface area contributed by atoms with E-state index in [0.717, 1.165) is 17.8 Å². The van der Waals surface area contributed by atoms with Crippen molar-refractivity contribution in [2.75, 3.05) is 0 Å². The minimum atomic E-state index is 0.490. The zero-order chi connectivity index (χ0) is 10.6. The van der Waals surface area contributed by atoms with Crippen LogP contribution in [0, 0.1) is 23.2 Å². The molecule has 0 aromatic carbocycles. The highest BCUT2D eigenvalue weighted by atomic mass is 14.4. The second-order valence-electron chi connectivity index (χ2n) is 5.30. The highest BCUT2D eigenvalue weighted by Gasteiger charge is 2.33. The van der Waals surface area contributed by atoms with Crippen LogP contribution in [0.25, 0.3) is 0 Å². The Morgan fingerprint density at radius 3 is 1.69 bits per heavy atom. The molecular weight excluding hydrogens is 156 g/mol. The molecule has 0 aromatic heterocycles. The SMILES string of the molecule is CCC(C)C(C)C(C)(C)C(C)CC. The summed E-state index contributed by atoms with van der Waals surface area (Å²) in [7, 11) is 0. The van der Waals surface area contributed by atoms with Gasteiger partial charge in [-0.3, -0.25) is 0 Å². The average Bonchev–Trinajstić information content (AvgIpc) is 2.13. The fraction of sp³-hybridized carbons (Fsp3) is 1.00. The van der Waals surface area contributed by atoms with Crippen LogP contribution in [-0.2, 0) is 0 Å². The standard InChI is InChI=1S/C13H28/c1-8-10(3)12(5)13(6,7)11(4)9-2/h10-12H,8-9H2,1-7H3. The van der Waals surface area contributed by atoms with Crippen molar-refractivity contribution >= 4 is 0 Å². The molecule has 13 heavy (non-hydrogen) atoms. The first-order chi connectivity index (χ1) is 5.87. The number of rotatable bonds is 5. The van der Waals surface area contributed by atoms with Crippen LogP contribution in [0.5, 0.6) is 0 Å². The summed E-state index contributed by atoms with van der Waals surface area (Å²) in [4.78, 5) is 0. The molecular formula is C13H28. The third-order valence-electron chi connectivity index (χ3n) is 4.55. The van der Waals surface area contributed by atoms with Crippen LogP contribution in [0.15, 0.2) is 0 Å². The van der Waals surface area contributed by atoms with E-state index in [1.54, 1.807) is 0 Å². The highest BCUT2D eigenvalue weighted by Crippen LogP contribution is 2.41. The molecule has 0 aliphatic heterocycles. The van der Waals surface area contributed by atoms with Crippen LogP contribution >= 0.6 is 0 Å². The van der Waals surface area contributed by atoms with Gasteiger partial charge in [0, 0.05) is 0 Å². The second-order valence-corrected chi connectivity index (χ2v) is 5.30. The zero-order valence-corrected chi connectivity index (χ0v) is 10.6. The van der Waals surface area contributed by atoms with Crippen molar-refractivity contribution in [3.8, 4) is 0 Å². The maximum Gasteiger partial charge on any atom is -0.0300 e. The molecule has 0 radical (unpaired) electrons. The molecule has 0 heterocycles. The predicted octanol–water partition coefficient (Wildman–Crippen LogP) is 4.74. The molecule has 0 heteroatoms. The zero-order valence-electron chi connectivity index (χ0n) is 10.6. The Morgan fingerprint density at radius 2 is 1.38 bits per heavy atom. The van der Waals surface area contributed by atoms with E-state index < -0.39 is 0 Å². The summed E-state index contributed by atoms with van der Waals surface area (Å²) in [6, 6.07) is 0. The van der Waals surface area contributed by atoms with Gasteiger partial charge in [-0.05, 0) is 23.2 Å². The third kappa shape index (κ3) is 3.00. The maximum atomic E-state index is 2.43. The molecule has 0 saturated heterocycles. The normalized spacial score (nSPS) is 19.6. The van der Waals surface area contributed by atoms with E-state index in [9.17, 15) is 0 Å². The second kappa shape index (κ2) is 5.02. The fourth-order valence-electron chi connectivity index (χ4n) is 2.06. The summed E-state index contributed by atoms with van der Waals surface area (Å²) in [6.45, 7) is 16.6. The Morgan fingerprint density at radius 1 is 0.923 bits per heavy atom. The first kappa shape index (κ1) is 13.0. The van der Waals surface area contributed by atoms with Crippen molar-refractivity contribution < 1.29 is 0 Å². The van der Waals surface area contributed by atoms with Gasteiger partial charge in [-0.1, -0.05) is 61.3 Å². The smallest absolute Gasteiger partial charge is 0.0300 e. The molecule has 0 aromatic rings. The predicted molar refractivity (Wildman–Crippen MR) is 61.9 cm³/mol. The van der Waals surface area contributed by atoms with Crippen molar-refractivity contribution in [3.05, 3.63) is 0 Å². The van der Waals surface area contributed by atoms with Crippen molar-refractivity contribution in [2.24, 2.45) is 23.2 Å². The maximum absolute atomic E-state index is 2.43. The molecule has 0 spiro atoms. The first-order valence-corrected chi connectivity index (χ1v) is 5.87. The highest BCUT2D eigenvalue weighted by molar-refractivity contribution is 4.82. The lowest BCUT2D eigenvalue weighted by Crippen LogP contribution is -2.32. The Labute approximate surface area is 85.1 Å². The molecule has 0 aliphatic carbocycles. The number of hydrogen-bond donors (Lipinski definition) is 0. The molecule has 3 unspecified atom stereocenters. The van der Waals surface area contributed by atoms with Crippen LogP contribution in [0.4, 0.5) is 0 Å². The summed E-state index contributed by atoms with van der Waals surface area (Å²) in [5.41, 5.74) is 0.490. The monoisotopic (exact) mass is 184 g/mol. The summed E-state index contributed by atoms with van der Waals surface area (Å²) in [5, 5.41) is 0. The molecule has 0 aliphatic rings. The molecule has 0 rings (SSSR count). The molecule has 0 amide bonds. The van der Waals surface area contributed by atoms with Crippen LogP contribution in [0.2, 0.25) is 0 Å². The van der Waals surface area contributed by atoms with Gasteiger partial charge in [0.25, 0.3) is 0 Å². The van der Waals surface area contributed by atoms with E-state index in [0.29, 0.717) is 5.41 Å². The van der Waals surface area contributed by atoms with Crippen LogP contribution in [0.3, 0.4) is 0 Å². The summed E-state index contributed by atoms with van der Waals surface area (Å²) < 4.78 is 0. The Balaban J connectivity index is 4.42. The minimum Gasteiger partial charge on any atom is -0.0651 e. The van der Waals surface area contributed by atoms with E-state index in [1.165, 1.54) is 12.8 Å². The minimum absolute atomic E-state index is 0.490. The van der Waals surface area contributed by atoms with E-state index >= 15 is 0 Å². The lowest BCUT2D eigenvalue weighted by atomic mass is 9.65.